The highest BCUT2D eigenvalue weighted by atomic mass is 35.5. The van der Waals surface area contributed by atoms with Crippen LogP contribution in [-0.4, -0.2) is 10.2 Å². The Bertz CT molecular complexity index is 1130. The van der Waals surface area contributed by atoms with Gasteiger partial charge in [0.15, 0.2) is 11.6 Å². The Morgan fingerprint density at radius 1 is 1.25 bits per heavy atom. The average Bonchev–Trinajstić information content (AvgIpc) is 3.54. The molecule has 0 spiro atoms. The van der Waals surface area contributed by atoms with Crippen molar-refractivity contribution in [3.63, 3.8) is 0 Å². The maximum absolute atomic E-state index is 15.1. The number of nitriles is 1. The summed E-state index contributed by atoms with van der Waals surface area (Å²) in [4.78, 5) is 11.1. The second-order valence-corrected chi connectivity index (χ2v) is 7.12. The molecule has 140 valence electrons. The van der Waals surface area contributed by atoms with Gasteiger partial charge < -0.3 is 4.74 Å². The van der Waals surface area contributed by atoms with Crippen molar-refractivity contribution >= 4 is 11.6 Å². The zero-order valence-electron chi connectivity index (χ0n) is 14.7. The molecule has 3 aromatic rings. The Balaban J connectivity index is 1.66. The quantitative estimate of drug-likeness (QED) is 0.679. The highest BCUT2D eigenvalue weighted by Crippen LogP contribution is 2.42. The number of aromatic amines is 1. The van der Waals surface area contributed by atoms with Gasteiger partial charge in [0.05, 0.1) is 22.3 Å². The minimum atomic E-state index is -0.601. The number of nitrogens with one attached hydrogen (secondary N) is 1. The number of hydrogen-bond acceptors (Lipinski definition) is 4. The zero-order valence-corrected chi connectivity index (χ0v) is 15.5. The lowest BCUT2D eigenvalue weighted by molar-refractivity contribution is 0.438. The van der Waals surface area contributed by atoms with Crippen molar-refractivity contribution in [1.82, 2.24) is 10.2 Å². The van der Waals surface area contributed by atoms with Crippen molar-refractivity contribution in [2.75, 3.05) is 0 Å². The van der Waals surface area contributed by atoms with Crippen LogP contribution in [0.2, 0.25) is 5.02 Å². The van der Waals surface area contributed by atoms with E-state index in [-0.39, 0.29) is 22.8 Å². The summed E-state index contributed by atoms with van der Waals surface area (Å²) in [5, 5.41) is 15.6. The van der Waals surface area contributed by atoms with E-state index in [1.54, 1.807) is 18.2 Å². The van der Waals surface area contributed by atoms with Gasteiger partial charge in [-0.05, 0) is 60.2 Å². The first kappa shape index (κ1) is 18.2. The molecule has 0 unspecified atom stereocenters. The lowest BCUT2D eigenvalue weighted by atomic mass is 10.1. The molecule has 0 bridgehead atoms. The van der Waals surface area contributed by atoms with E-state index in [9.17, 15) is 10.1 Å². The largest absolute Gasteiger partial charge is 0.453 e. The Labute approximate surface area is 165 Å². The van der Waals surface area contributed by atoms with E-state index in [1.165, 1.54) is 12.1 Å². The number of rotatable bonds is 5. The molecule has 0 aliphatic heterocycles. The summed E-state index contributed by atoms with van der Waals surface area (Å²) in [5.41, 5.74) is 1.99. The number of H-pyrrole nitrogens is 1. The van der Waals surface area contributed by atoms with Crippen molar-refractivity contribution in [2.24, 2.45) is 0 Å². The number of nitrogens with zero attached hydrogens (tertiary/aromatic N) is 2. The van der Waals surface area contributed by atoms with Crippen molar-refractivity contribution < 1.29 is 9.13 Å². The Hall–Kier alpha value is -3.17. The molecule has 2 aromatic carbocycles. The molecule has 1 aliphatic carbocycles. The highest BCUT2D eigenvalue weighted by Gasteiger charge is 2.25. The highest BCUT2D eigenvalue weighted by molar-refractivity contribution is 6.32. The van der Waals surface area contributed by atoms with Gasteiger partial charge in [-0.1, -0.05) is 17.7 Å². The normalized spacial score (nSPS) is 13.2. The van der Waals surface area contributed by atoms with Crippen LogP contribution in [0.4, 0.5) is 4.39 Å². The molecule has 5 nitrogen and oxygen atoms in total. The van der Waals surface area contributed by atoms with Gasteiger partial charge >= 0.3 is 0 Å². The molecular weight excluding hydrogens is 381 g/mol. The van der Waals surface area contributed by atoms with Crippen molar-refractivity contribution in [3.05, 3.63) is 86.0 Å². The molecule has 1 N–H and O–H groups in total. The summed E-state index contributed by atoms with van der Waals surface area (Å²) < 4.78 is 20.8. The van der Waals surface area contributed by atoms with Crippen LogP contribution in [0, 0.1) is 17.1 Å². The lowest BCUT2D eigenvalue weighted by Crippen LogP contribution is -2.08. The van der Waals surface area contributed by atoms with Crippen molar-refractivity contribution in [2.45, 2.75) is 25.2 Å². The van der Waals surface area contributed by atoms with Crippen LogP contribution in [0.3, 0.4) is 0 Å². The fourth-order valence-electron chi connectivity index (χ4n) is 2.99. The zero-order chi connectivity index (χ0) is 19.7. The molecular formula is C21H15ClFN3O2. The van der Waals surface area contributed by atoms with Crippen LogP contribution >= 0.6 is 11.6 Å². The van der Waals surface area contributed by atoms with Gasteiger partial charge in [-0.15, -0.1) is 0 Å². The maximum Gasteiger partial charge on any atom is 0.264 e. The van der Waals surface area contributed by atoms with E-state index in [4.69, 9.17) is 16.3 Å². The predicted octanol–water partition coefficient (Wildman–Crippen LogP) is 4.69. The summed E-state index contributed by atoms with van der Waals surface area (Å²) in [6.07, 6.45) is 2.32. The molecule has 28 heavy (non-hydrogen) atoms. The summed E-state index contributed by atoms with van der Waals surface area (Å²) in [6.45, 7) is 0. The Kier molecular flexibility index (Phi) is 4.84. The second-order valence-electron chi connectivity index (χ2n) is 6.72. The van der Waals surface area contributed by atoms with E-state index >= 15 is 4.39 Å². The predicted molar refractivity (Wildman–Crippen MR) is 102 cm³/mol. The number of ether oxygens (including phenoxy) is 1. The third-order valence-electron chi connectivity index (χ3n) is 4.56. The second kappa shape index (κ2) is 7.45. The van der Waals surface area contributed by atoms with Gasteiger partial charge in [-0.3, -0.25) is 4.79 Å². The van der Waals surface area contributed by atoms with Crippen LogP contribution in [0.1, 0.15) is 41.1 Å². The topological polar surface area (TPSA) is 78.8 Å². The Morgan fingerprint density at radius 2 is 2.07 bits per heavy atom. The molecule has 4 rings (SSSR count). The van der Waals surface area contributed by atoms with Gasteiger partial charge in [0.1, 0.15) is 5.75 Å². The van der Waals surface area contributed by atoms with Crippen LogP contribution in [0.5, 0.6) is 11.5 Å². The molecule has 1 aromatic heterocycles. The fraction of sp³-hybridized carbons (Fsp3) is 0.190. The van der Waals surface area contributed by atoms with Crippen LogP contribution in [-0.2, 0) is 6.42 Å². The molecule has 0 amide bonds. The summed E-state index contributed by atoms with van der Waals surface area (Å²) in [6, 6.07) is 13.3. The summed E-state index contributed by atoms with van der Waals surface area (Å²) in [5.74, 6) is 0.103. The minimum absolute atomic E-state index is 0.0968. The van der Waals surface area contributed by atoms with Gasteiger partial charge in [0, 0.05) is 12.5 Å². The molecule has 1 saturated carbocycles. The van der Waals surface area contributed by atoms with Crippen molar-refractivity contribution in [1.29, 1.82) is 5.26 Å². The van der Waals surface area contributed by atoms with Crippen molar-refractivity contribution in [3.8, 4) is 17.6 Å². The number of aromatic nitrogens is 2. The van der Waals surface area contributed by atoms with Gasteiger partial charge in [-0.2, -0.15) is 10.4 Å². The molecule has 1 heterocycles. The Morgan fingerprint density at radius 3 is 2.75 bits per heavy atom. The van der Waals surface area contributed by atoms with Gasteiger partial charge in [0.25, 0.3) is 5.56 Å². The first-order chi connectivity index (χ1) is 13.5. The first-order valence-corrected chi connectivity index (χ1v) is 9.15. The van der Waals surface area contributed by atoms with E-state index < -0.39 is 5.82 Å². The number of benzene rings is 2. The molecule has 1 fully saturated rings. The fourth-order valence-corrected chi connectivity index (χ4v) is 3.17. The third kappa shape index (κ3) is 3.90. The summed E-state index contributed by atoms with van der Waals surface area (Å²) >= 11 is 6.17. The standard InChI is InChI=1S/C21H15ClFN3O2/c22-18-5-3-14(9-16-4-6-19(27)26-25-16)20(23)21(18)28-17-8-12(11-24)7-15(10-17)13-1-2-13/h3-8,10,13H,1-2,9H2,(H,26,27). The SMILES string of the molecule is N#Cc1cc(Oc2c(Cl)ccc(Cc3ccc(=O)[nH]n3)c2F)cc(C2CC2)c1. The van der Waals surface area contributed by atoms with Gasteiger partial charge in [-0.25, -0.2) is 9.49 Å². The van der Waals surface area contributed by atoms with Gasteiger partial charge in [0.2, 0.25) is 0 Å². The molecule has 0 saturated heterocycles. The molecule has 0 radical (unpaired) electrons. The van der Waals surface area contributed by atoms with E-state index in [0.717, 1.165) is 18.4 Å². The van der Waals surface area contributed by atoms with Crippen LogP contribution < -0.4 is 10.3 Å². The molecule has 0 atom stereocenters. The van der Waals surface area contributed by atoms with Crippen LogP contribution in [0.25, 0.3) is 0 Å². The van der Waals surface area contributed by atoms with Crippen LogP contribution in [0.15, 0.2) is 47.3 Å². The minimum Gasteiger partial charge on any atom is -0.453 e. The smallest absolute Gasteiger partial charge is 0.264 e. The van der Waals surface area contributed by atoms with E-state index in [2.05, 4.69) is 16.3 Å². The number of hydrogen-bond donors (Lipinski definition) is 1. The summed E-state index contributed by atoms with van der Waals surface area (Å²) in [7, 11) is 0. The maximum atomic E-state index is 15.1. The molecule has 7 heteroatoms. The average molecular weight is 396 g/mol. The lowest BCUT2D eigenvalue weighted by Gasteiger charge is -2.13. The van der Waals surface area contributed by atoms with E-state index in [1.807, 2.05) is 12.1 Å². The first-order valence-electron chi connectivity index (χ1n) is 8.78. The molecule has 1 aliphatic rings. The third-order valence-corrected chi connectivity index (χ3v) is 4.86. The van der Waals surface area contributed by atoms with E-state index in [0.29, 0.717) is 28.5 Å². The number of halogens is 2. The monoisotopic (exact) mass is 395 g/mol.